The molecule has 1 aromatic carbocycles. The summed E-state index contributed by atoms with van der Waals surface area (Å²) in [5.41, 5.74) is -0.252. The highest BCUT2D eigenvalue weighted by Gasteiger charge is 2.34. The van der Waals surface area contributed by atoms with Gasteiger partial charge in [-0.05, 0) is 53.3 Å². The van der Waals surface area contributed by atoms with Gasteiger partial charge in [-0.25, -0.2) is 4.98 Å². The molecule has 0 atom stereocenters. The van der Waals surface area contributed by atoms with Gasteiger partial charge in [0.25, 0.3) is 0 Å². The topological polar surface area (TPSA) is 65.8 Å². The van der Waals surface area contributed by atoms with E-state index < -0.39 is 17.8 Å². The molecular formula is C16H11F3IN3OS. The number of pyridine rings is 1. The molecule has 0 saturated carbocycles. The van der Waals surface area contributed by atoms with Crippen LogP contribution in [0.2, 0.25) is 0 Å². The van der Waals surface area contributed by atoms with Crippen LogP contribution in [0.25, 0.3) is 0 Å². The molecule has 0 radical (unpaired) electrons. The van der Waals surface area contributed by atoms with Gasteiger partial charge in [0.1, 0.15) is 16.8 Å². The summed E-state index contributed by atoms with van der Waals surface area (Å²) in [6.45, 7) is 1.41. The highest BCUT2D eigenvalue weighted by Crippen LogP contribution is 2.32. The van der Waals surface area contributed by atoms with Crippen molar-refractivity contribution in [3.05, 3.63) is 50.7 Å². The number of anilines is 1. The molecule has 0 aliphatic heterocycles. The van der Waals surface area contributed by atoms with E-state index in [0.29, 0.717) is 5.69 Å². The van der Waals surface area contributed by atoms with E-state index in [0.717, 1.165) is 21.4 Å². The van der Waals surface area contributed by atoms with Crippen molar-refractivity contribution in [2.75, 3.05) is 11.1 Å². The molecular weight excluding hydrogens is 466 g/mol. The number of halogens is 4. The zero-order valence-corrected chi connectivity index (χ0v) is 15.8. The van der Waals surface area contributed by atoms with Crippen LogP contribution in [0.4, 0.5) is 18.9 Å². The van der Waals surface area contributed by atoms with Crippen LogP contribution in [0.1, 0.15) is 16.8 Å². The molecule has 9 heteroatoms. The highest BCUT2D eigenvalue weighted by atomic mass is 127. The quantitative estimate of drug-likeness (QED) is 0.516. The molecule has 1 aromatic heterocycles. The van der Waals surface area contributed by atoms with E-state index in [9.17, 15) is 18.0 Å². The number of nitriles is 1. The Balaban J connectivity index is 2.17. The number of benzene rings is 1. The van der Waals surface area contributed by atoms with Gasteiger partial charge in [0.2, 0.25) is 5.91 Å². The third-order valence-corrected chi connectivity index (χ3v) is 4.99. The van der Waals surface area contributed by atoms with Crippen LogP contribution in [0.5, 0.6) is 0 Å². The predicted octanol–water partition coefficient (Wildman–Crippen LogP) is 4.62. The number of hydrogen-bond donors (Lipinski definition) is 1. The molecule has 4 nitrogen and oxygen atoms in total. The van der Waals surface area contributed by atoms with Gasteiger partial charge in [0.05, 0.1) is 17.0 Å². The molecule has 2 rings (SSSR count). The van der Waals surface area contributed by atoms with Crippen LogP contribution in [-0.4, -0.2) is 16.6 Å². The molecule has 0 aliphatic rings. The van der Waals surface area contributed by atoms with Crippen LogP contribution in [0.15, 0.2) is 35.4 Å². The lowest BCUT2D eigenvalue weighted by atomic mass is 10.1. The smallest absolute Gasteiger partial charge is 0.324 e. The molecule has 25 heavy (non-hydrogen) atoms. The zero-order chi connectivity index (χ0) is 18.6. The molecule has 0 bridgehead atoms. The second-order valence-corrected chi connectivity index (χ2v) is 7.06. The van der Waals surface area contributed by atoms with Gasteiger partial charge in [-0.15, -0.1) is 0 Å². The van der Waals surface area contributed by atoms with Crippen molar-refractivity contribution in [1.82, 2.24) is 4.98 Å². The molecule has 1 amide bonds. The summed E-state index contributed by atoms with van der Waals surface area (Å²) in [7, 11) is 0. The third-order valence-electron chi connectivity index (χ3n) is 3.07. The molecule has 1 heterocycles. The first-order valence-corrected chi connectivity index (χ1v) is 8.95. The highest BCUT2D eigenvalue weighted by molar-refractivity contribution is 14.1. The summed E-state index contributed by atoms with van der Waals surface area (Å²) in [5.74, 6) is -0.553. The summed E-state index contributed by atoms with van der Waals surface area (Å²) in [5, 5.41) is 11.7. The monoisotopic (exact) mass is 477 g/mol. The number of hydrogen-bond acceptors (Lipinski definition) is 4. The molecule has 2 aromatic rings. The summed E-state index contributed by atoms with van der Waals surface area (Å²) in [6, 6.07) is 9.78. The van der Waals surface area contributed by atoms with E-state index in [1.54, 1.807) is 12.1 Å². The van der Waals surface area contributed by atoms with Gasteiger partial charge in [0, 0.05) is 3.57 Å². The van der Waals surface area contributed by atoms with Gasteiger partial charge in [-0.1, -0.05) is 23.9 Å². The number of aromatic nitrogens is 1. The second-order valence-electron chi connectivity index (χ2n) is 4.93. The van der Waals surface area contributed by atoms with Crippen molar-refractivity contribution >= 4 is 45.9 Å². The summed E-state index contributed by atoms with van der Waals surface area (Å²) in [4.78, 5) is 15.5. The van der Waals surface area contributed by atoms with Crippen molar-refractivity contribution in [1.29, 1.82) is 5.26 Å². The number of carbonyl (C=O) groups excluding carboxylic acids is 1. The number of carbonyl (C=O) groups is 1. The Labute approximate surface area is 160 Å². The van der Waals surface area contributed by atoms with Gasteiger partial charge in [0.15, 0.2) is 0 Å². The maximum Gasteiger partial charge on any atom is 0.433 e. The number of nitrogens with zero attached hydrogens (tertiary/aromatic N) is 2. The first-order chi connectivity index (χ1) is 11.7. The fourth-order valence-electron chi connectivity index (χ4n) is 1.91. The fourth-order valence-corrected chi connectivity index (χ4v) is 3.29. The first-order valence-electron chi connectivity index (χ1n) is 6.88. The average Bonchev–Trinajstić information content (AvgIpc) is 2.53. The van der Waals surface area contributed by atoms with E-state index in [2.05, 4.69) is 32.9 Å². The number of alkyl halides is 3. The van der Waals surface area contributed by atoms with E-state index >= 15 is 0 Å². The zero-order valence-electron chi connectivity index (χ0n) is 12.8. The van der Waals surface area contributed by atoms with Crippen LogP contribution < -0.4 is 5.32 Å². The van der Waals surface area contributed by atoms with Crippen LogP contribution in [0.3, 0.4) is 0 Å². The normalized spacial score (nSPS) is 11.0. The lowest BCUT2D eigenvalue weighted by Gasteiger charge is -2.12. The minimum atomic E-state index is -4.61. The van der Waals surface area contributed by atoms with Gasteiger partial charge < -0.3 is 5.32 Å². The lowest BCUT2D eigenvalue weighted by molar-refractivity contribution is -0.141. The molecule has 0 aliphatic carbocycles. The van der Waals surface area contributed by atoms with Crippen molar-refractivity contribution in [2.24, 2.45) is 0 Å². The maximum atomic E-state index is 12.9. The molecule has 0 spiro atoms. The minimum Gasteiger partial charge on any atom is -0.324 e. The first kappa shape index (κ1) is 19.5. The van der Waals surface area contributed by atoms with Gasteiger partial charge in [-0.3, -0.25) is 4.79 Å². The third kappa shape index (κ3) is 5.09. The standard InChI is InChI=1S/C16H11F3IN3OS/c1-9-6-13(16(17,18)19)23-15(10(9)7-21)25-8-14(24)22-12-5-3-2-4-11(12)20/h2-6H,8H2,1H3,(H,22,24). The van der Waals surface area contributed by atoms with Gasteiger partial charge >= 0.3 is 6.18 Å². The Bertz CT molecular complexity index is 849. The van der Waals surface area contributed by atoms with Gasteiger partial charge in [-0.2, -0.15) is 18.4 Å². The van der Waals surface area contributed by atoms with Crippen molar-refractivity contribution in [3.8, 4) is 6.07 Å². The predicted molar refractivity (Wildman–Crippen MR) is 97.2 cm³/mol. The number of nitrogens with one attached hydrogen (secondary N) is 1. The molecule has 0 saturated heterocycles. The van der Waals surface area contributed by atoms with E-state index in [1.807, 2.05) is 18.2 Å². The van der Waals surface area contributed by atoms with Crippen LogP contribution >= 0.6 is 34.4 Å². The summed E-state index contributed by atoms with van der Waals surface area (Å²) < 4.78 is 39.5. The number of thioether (sulfide) groups is 1. The van der Waals surface area contributed by atoms with Crippen molar-refractivity contribution < 1.29 is 18.0 Å². The minimum absolute atomic E-state index is 0.0418. The number of aryl methyl sites for hydroxylation is 1. The average molecular weight is 477 g/mol. The molecule has 130 valence electrons. The number of rotatable bonds is 4. The maximum absolute atomic E-state index is 12.9. The second kappa shape index (κ2) is 8.05. The van der Waals surface area contributed by atoms with E-state index in [-0.39, 0.29) is 21.9 Å². The fraction of sp³-hybridized carbons (Fsp3) is 0.188. The Kier molecular flexibility index (Phi) is 6.29. The molecule has 0 unspecified atom stereocenters. The van der Waals surface area contributed by atoms with E-state index in [4.69, 9.17) is 5.26 Å². The Morgan fingerprint density at radius 2 is 2.08 bits per heavy atom. The summed E-state index contributed by atoms with van der Waals surface area (Å²) in [6.07, 6.45) is -4.61. The largest absolute Gasteiger partial charge is 0.433 e. The Hall–Kier alpha value is -1.80. The summed E-state index contributed by atoms with van der Waals surface area (Å²) >= 11 is 2.86. The van der Waals surface area contributed by atoms with Crippen LogP contribution in [-0.2, 0) is 11.0 Å². The molecule has 1 N–H and O–H groups in total. The number of para-hydroxylation sites is 1. The van der Waals surface area contributed by atoms with E-state index in [1.165, 1.54) is 6.92 Å². The SMILES string of the molecule is Cc1cc(C(F)(F)F)nc(SCC(=O)Nc2ccccc2I)c1C#N. The Morgan fingerprint density at radius 3 is 2.68 bits per heavy atom. The van der Waals surface area contributed by atoms with Crippen LogP contribution in [0, 0.1) is 21.8 Å². The number of amides is 1. The Morgan fingerprint density at radius 1 is 1.40 bits per heavy atom. The van der Waals surface area contributed by atoms with Crippen molar-refractivity contribution in [3.63, 3.8) is 0 Å². The lowest BCUT2D eigenvalue weighted by Crippen LogP contribution is -2.16. The molecule has 0 fully saturated rings. The van der Waals surface area contributed by atoms with Crippen molar-refractivity contribution in [2.45, 2.75) is 18.1 Å².